The summed E-state index contributed by atoms with van der Waals surface area (Å²) in [7, 11) is 1.53. The Hall–Kier alpha value is -0.260. The fourth-order valence-corrected chi connectivity index (χ4v) is 3.09. The molecule has 94 valence electrons. The van der Waals surface area contributed by atoms with E-state index in [2.05, 4.69) is 11.6 Å². The molecule has 0 aliphatic heterocycles. The predicted octanol–water partition coefficient (Wildman–Crippen LogP) is 1.35. The summed E-state index contributed by atoms with van der Waals surface area (Å²) in [6, 6.07) is -0.588. The van der Waals surface area contributed by atoms with Gasteiger partial charge in [0.15, 0.2) is 0 Å². The number of rotatable bonds is 7. The number of aliphatic carboxylic acids is 1. The van der Waals surface area contributed by atoms with Crippen molar-refractivity contribution in [2.24, 2.45) is 0 Å². The molecule has 0 spiro atoms. The van der Waals surface area contributed by atoms with Gasteiger partial charge in [-0.3, -0.25) is 4.79 Å². The summed E-state index contributed by atoms with van der Waals surface area (Å²) in [6.07, 6.45) is 6.98. The second-order valence-corrected chi connectivity index (χ2v) is 5.60. The molecule has 1 atom stereocenters. The zero-order valence-corrected chi connectivity index (χ0v) is 10.8. The smallest absolute Gasteiger partial charge is 0.323 e. The molecule has 0 amide bonds. The van der Waals surface area contributed by atoms with Gasteiger partial charge in [-0.1, -0.05) is 12.8 Å². The molecule has 5 heteroatoms. The van der Waals surface area contributed by atoms with Gasteiger partial charge in [-0.25, -0.2) is 0 Å². The number of nitrogens with one attached hydrogen (secondary N) is 1. The van der Waals surface area contributed by atoms with E-state index < -0.39 is 12.0 Å². The van der Waals surface area contributed by atoms with Crippen molar-refractivity contribution in [2.45, 2.75) is 36.5 Å². The molecule has 0 bridgehead atoms. The van der Waals surface area contributed by atoms with E-state index in [-0.39, 0.29) is 11.4 Å². The van der Waals surface area contributed by atoms with Crippen LogP contribution in [-0.4, -0.2) is 48.4 Å². The van der Waals surface area contributed by atoms with Gasteiger partial charge in [0.05, 0.1) is 6.61 Å². The normalized spacial score (nSPS) is 20.9. The molecule has 16 heavy (non-hydrogen) atoms. The number of ether oxygens (including phenoxy) is 1. The Balaban J connectivity index is 2.43. The van der Waals surface area contributed by atoms with Crippen LogP contribution in [0.3, 0.4) is 0 Å². The number of hydrogen-bond acceptors (Lipinski definition) is 4. The monoisotopic (exact) mass is 247 g/mol. The first-order valence-electron chi connectivity index (χ1n) is 5.64. The number of carbonyl (C=O) groups is 1. The maximum absolute atomic E-state index is 10.9. The van der Waals surface area contributed by atoms with Crippen LogP contribution in [0.4, 0.5) is 0 Å². The van der Waals surface area contributed by atoms with E-state index in [0.717, 1.165) is 6.54 Å². The fourth-order valence-electron chi connectivity index (χ4n) is 2.17. The minimum Gasteiger partial charge on any atom is -0.480 e. The molecule has 1 saturated carbocycles. The van der Waals surface area contributed by atoms with Gasteiger partial charge >= 0.3 is 5.97 Å². The summed E-state index contributed by atoms with van der Waals surface area (Å²) in [6.45, 7) is 0.980. The van der Waals surface area contributed by atoms with Crippen LogP contribution in [0.15, 0.2) is 0 Å². The number of carboxylic acids is 1. The van der Waals surface area contributed by atoms with Crippen LogP contribution in [0, 0.1) is 0 Å². The molecular formula is C11H21NO3S. The Bertz CT molecular complexity index is 229. The van der Waals surface area contributed by atoms with Crippen molar-refractivity contribution in [3.63, 3.8) is 0 Å². The largest absolute Gasteiger partial charge is 0.480 e. The standard InChI is InChI=1S/C11H21NO3S/c1-15-7-9(10(13)14)12-8-11(16-2)5-3-4-6-11/h9,12H,3-8H2,1-2H3,(H,13,14). The van der Waals surface area contributed by atoms with Crippen molar-refractivity contribution >= 4 is 17.7 Å². The second kappa shape index (κ2) is 6.47. The van der Waals surface area contributed by atoms with Crippen molar-refractivity contribution < 1.29 is 14.6 Å². The van der Waals surface area contributed by atoms with Crippen molar-refractivity contribution in [1.29, 1.82) is 0 Å². The molecule has 0 aromatic rings. The zero-order chi connectivity index (χ0) is 12.0. The molecule has 0 aromatic carbocycles. The summed E-state index contributed by atoms with van der Waals surface area (Å²) in [4.78, 5) is 10.9. The molecule has 1 aliphatic rings. The van der Waals surface area contributed by atoms with Gasteiger partial charge in [-0.2, -0.15) is 11.8 Å². The van der Waals surface area contributed by atoms with Crippen molar-refractivity contribution in [3.05, 3.63) is 0 Å². The highest BCUT2D eigenvalue weighted by Crippen LogP contribution is 2.39. The van der Waals surface area contributed by atoms with Crippen LogP contribution >= 0.6 is 11.8 Å². The van der Waals surface area contributed by atoms with Gasteiger partial charge in [0.25, 0.3) is 0 Å². The van der Waals surface area contributed by atoms with E-state index in [1.165, 1.54) is 32.8 Å². The van der Waals surface area contributed by atoms with E-state index in [9.17, 15) is 4.79 Å². The third-order valence-corrected chi connectivity index (χ3v) is 4.67. The summed E-state index contributed by atoms with van der Waals surface area (Å²) < 4.78 is 5.13. The highest BCUT2D eigenvalue weighted by Gasteiger charge is 2.33. The first-order chi connectivity index (χ1) is 7.63. The maximum atomic E-state index is 10.9. The molecular weight excluding hydrogens is 226 g/mol. The van der Waals surface area contributed by atoms with Gasteiger partial charge in [0.1, 0.15) is 6.04 Å². The lowest BCUT2D eigenvalue weighted by molar-refractivity contribution is -0.140. The lowest BCUT2D eigenvalue weighted by Crippen LogP contribution is -2.46. The molecule has 1 rings (SSSR count). The third-order valence-electron chi connectivity index (χ3n) is 3.25. The number of carboxylic acid groups (broad SMARTS) is 1. The summed E-state index contributed by atoms with van der Waals surface area (Å²) >= 11 is 1.86. The van der Waals surface area contributed by atoms with Gasteiger partial charge in [0.2, 0.25) is 0 Å². The minimum atomic E-state index is -0.837. The SMILES string of the molecule is COCC(NCC1(SC)CCCC1)C(=O)O. The van der Waals surface area contributed by atoms with Crippen LogP contribution in [-0.2, 0) is 9.53 Å². The first-order valence-corrected chi connectivity index (χ1v) is 6.86. The van der Waals surface area contributed by atoms with Gasteiger partial charge < -0.3 is 15.2 Å². The molecule has 4 nitrogen and oxygen atoms in total. The lowest BCUT2D eigenvalue weighted by Gasteiger charge is -2.28. The molecule has 0 radical (unpaired) electrons. The highest BCUT2D eigenvalue weighted by molar-refractivity contribution is 8.00. The zero-order valence-electron chi connectivity index (χ0n) is 9.99. The van der Waals surface area contributed by atoms with Gasteiger partial charge in [0, 0.05) is 18.4 Å². The number of thioether (sulfide) groups is 1. The Labute approximate surface area is 101 Å². The Morgan fingerprint density at radius 3 is 2.62 bits per heavy atom. The first kappa shape index (κ1) is 13.8. The van der Waals surface area contributed by atoms with Crippen molar-refractivity contribution in [1.82, 2.24) is 5.32 Å². The van der Waals surface area contributed by atoms with E-state index in [4.69, 9.17) is 9.84 Å². The summed E-state index contributed by atoms with van der Waals surface area (Å²) in [5.74, 6) is -0.837. The Kier molecular flexibility index (Phi) is 5.58. The van der Waals surface area contributed by atoms with Crippen LogP contribution in [0.5, 0.6) is 0 Å². The van der Waals surface area contributed by atoms with E-state index in [1.807, 2.05) is 11.8 Å². The van der Waals surface area contributed by atoms with E-state index >= 15 is 0 Å². The topological polar surface area (TPSA) is 58.6 Å². The van der Waals surface area contributed by atoms with Gasteiger partial charge in [-0.15, -0.1) is 0 Å². The van der Waals surface area contributed by atoms with Crippen LogP contribution in [0.25, 0.3) is 0 Å². The second-order valence-electron chi connectivity index (χ2n) is 4.32. The van der Waals surface area contributed by atoms with Crippen LogP contribution in [0.1, 0.15) is 25.7 Å². The quantitative estimate of drug-likeness (QED) is 0.711. The minimum absolute atomic E-state index is 0.222. The molecule has 0 saturated heterocycles. The van der Waals surface area contributed by atoms with Crippen LogP contribution < -0.4 is 5.32 Å². The predicted molar refractivity (Wildman–Crippen MR) is 66.0 cm³/mol. The average molecular weight is 247 g/mol. The molecule has 1 aliphatic carbocycles. The molecule has 2 N–H and O–H groups in total. The molecule has 0 aromatic heterocycles. The average Bonchev–Trinajstić information content (AvgIpc) is 2.73. The summed E-state index contributed by atoms with van der Waals surface area (Å²) in [5.41, 5.74) is 0. The van der Waals surface area contributed by atoms with E-state index in [0.29, 0.717) is 0 Å². The third kappa shape index (κ3) is 3.64. The van der Waals surface area contributed by atoms with Crippen molar-refractivity contribution in [2.75, 3.05) is 26.5 Å². The Morgan fingerprint density at radius 1 is 1.56 bits per heavy atom. The number of methoxy groups -OCH3 is 1. The fraction of sp³-hybridized carbons (Fsp3) is 0.909. The summed E-state index contributed by atoms with van der Waals surface area (Å²) in [5, 5.41) is 12.1. The Morgan fingerprint density at radius 2 is 2.19 bits per heavy atom. The van der Waals surface area contributed by atoms with Crippen molar-refractivity contribution in [3.8, 4) is 0 Å². The van der Waals surface area contributed by atoms with Crippen LogP contribution in [0.2, 0.25) is 0 Å². The van der Waals surface area contributed by atoms with E-state index in [1.54, 1.807) is 0 Å². The maximum Gasteiger partial charge on any atom is 0.323 e. The molecule has 0 heterocycles. The molecule has 1 fully saturated rings. The molecule has 1 unspecified atom stereocenters. The lowest BCUT2D eigenvalue weighted by atomic mass is 10.1. The highest BCUT2D eigenvalue weighted by atomic mass is 32.2. The number of hydrogen-bond donors (Lipinski definition) is 2. The van der Waals surface area contributed by atoms with Gasteiger partial charge in [-0.05, 0) is 19.1 Å².